The van der Waals surface area contributed by atoms with Gasteiger partial charge in [-0.1, -0.05) is 92.7 Å². The predicted octanol–water partition coefficient (Wildman–Crippen LogP) is 7.22. The zero-order valence-corrected chi connectivity index (χ0v) is 25.3. The van der Waals surface area contributed by atoms with Crippen LogP contribution in [0.15, 0.2) is 109 Å². The van der Waals surface area contributed by atoms with Crippen molar-refractivity contribution in [1.82, 2.24) is 4.90 Å². The maximum Gasteiger partial charge on any atom is 0.256 e. The smallest absolute Gasteiger partial charge is 0.256 e. The van der Waals surface area contributed by atoms with Crippen LogP contribution in [0.4, 0.5) is 11.4 Å². The summed E-state index contributed by atoms with van der Waals surface area (Å²) >= 11 is 0. The van der Waals surface area contributed by atoms with Crippen molar-refractivity contribution in [3.8, 4) is 11.1 Å². The maximum atomic E-state index is 13.1. The molecule has 5 rings (SSSR count). The Labute approximate surface area is 251 Å². The third-order valence-corrected chi connectivity index (χ3v) is 7.11. The molecular formula is C36H44N4O2. The van der Waals surface area contributed by atoms with Gasteiger partial charge in [0, 0.05) is 49.5 Å². The second kappa shape index (κ2) is 16.7. The van der Waals surface area contributed by atoms with Gasteiger partial charge in [0.15, 0.2) is 0 Å². The SMILES string of the molecule is CC.CC(N)=O.CN(Cc1ccccc1)C1CCN(c2ccc(NC(=O)c3ccccc3-c3ccccc3)cc2)CC1. The third kappa shape index (κ3) is 9.60. The second-order valence-corrected chi connectivity index (χ2v) is 10.1. The highest BCUT2D eigenvalue weighted by Gasteiger charge is 2.23. The number of anilines is 2. The van der Waals surface area contributed by atoms with Gasteiger partial charge in [-0.25, -0.2) is 0 Å². The summed E-state index contributed by atoms with van der Waals surface area (Å²) in [4.78, 5) is 27.3. The molecule has 0 unspecified atom stereocenters. The molecule has 0 saturated carbocycles. The molecule has 220 valence electrons. The number of amides is 2. The number of piperidine rings is 1. The van der Waals surface area contributed by atoms with Gasteiger partial charge in [0.05, 0.1) is 0 Å². The lowest BCUT2D eigenvalue weighted by Gasteiger charge is -2.38. The Morgan fingerprint density at radius 3 is 1.93 bits per heavy atom. The molecule has 6 nitrogen and oxygen atoms in total. The Morgan fingerprint density at radius 1 is 0.810 bits per heavy atom. The van der Waals surface area contributed by atoms with Gasteiger partial charge in [0.1, 0.15) is 0 Å². The molecule has 1 aliphatic rings. The Bertz CT molecular complexity index is 1360. The highest BCUT2D eigenvalue weighted by Crippen LogP contribution is 2.27. The molecule has 2 amide bonds. The summed E-state index contributed by atoms with van der Waals surface area (Å²) in [5, 5.41) is 3.08. The van der Waals surface area contributed by atoms with Crippen molar-refractivity contribution in [2.75, 3.05) is 30.4 Å². The van der Waals surface area contributed by atoms with Gasteiger partial charge in [0.25, 0.3) is 5.91 Å². The highest BCUT2D eigenvalue weighted by molar-refractivity contribution is 6.08. The molecule has 0 aromatic heterocycles. The van der Waals surface area contributed by atoms with E-state index in [1.165, 1.54) is 18.2 Å². The minimum absolute atomic E-state index is 0.0931. The van der Waals surface area contributed by atoms with E-state index >= 15 is 0 Å². The number of nitrogens with one attached hydrogen (secondary N) is 1. The molecule has 3 N–H and O–H groups in total. The highest BCUT2D eigenvalue weighted by atomic mass is 16.1. The first-order valence-electron chi connectivity index (χ1n) is 14.7. The fourth-order valence-corrected chi connectivity index (χ4v) is 5.07. The van der Waals surface area contributed by atoms with E-state index in [2.05, 4.69) is 70.4 Å². The molecule has 1 aliphatic heterocycles. The van der Waals surface area contributed by atoms with Crippen LogP contribution in [0.3, 0.4) is 0 Å². The minimum atomic E-state index is -0.333. The standard InChI is InChI=1S/C32H33N3O.C2H5NO.C2H6/c1-34(24-25-10-4-2-5-11-25)28-20-22-35(23-21-28)29-18-16-27(17-19-29)33-32(36)31-15-9-8-14-30(31)26-12-6-3-7-13-26;1-2(3)4;1-2/h2-19,28H,20-24H2,1H3,(H,33,36);1H3,(H2,3,4);1-2H3. The fourth-order valence-electron chi connectivity index (χ4n) is 5.07. The fraction of sp³-hybridized carbons (Fsp3) is 0.278. The first-order chi connectivity index (χ1) is 20.4. The summed E-state index contributed by atoms with van der Waals surface area (Å²) in [6.45, 7) is 8.38. The number of hydrogen-bond donors (Lipinski definition) is 2. The molecule has 4 aromatic rings. The Balaban J connectivity index is 0.000000745. The van der Waals surface area contributed by atoms with Crippen LogP contribution in [0.1, 0.15) is 49.5 Å². The Hall–Kier alpha value is -4.42. The van der Waals surface area contributed by atoms with Crippen molar-refractivity contribution in [1.29, 1.82) is 0 Å². The Kier molecular flexibility index (Phi) is 12.8. The van der Waals surface area contributed by atoms with Gasteiger partial charge < -0.3 is 16.0 Å². The van der Waals surface area contributed by atoms with E-state index in [0.29, 0.717) is 11.6 Å². The minimum Gasteiger partial charge on any atom is -0.371 e. The van der Waals surface area contributed by atoms with Crippen molar-refractivity contribution in [3.63, 3.8) is 0 Å². The van der Waals surface area contributed by atoms with Gasteiger partial charge in [-0.2, -0.15) is 0 Å². The van der Waals surface area contributed by atoms with Crippen molar-refractivity contribution in [2.24, 2.45) is 5.73 Å². The first-order valence-corrected chi connectivity index (χ1v) is 14.7. The summed E-state index contributed by atoms with van der Waals surface area (Å²) in [7, 11) is 2.24. The van der Waals surface area contributed by atoms with Crippen LogP contribution in [-0.2, 0) is 11.3 Å². The molecule has 42 heavy (non-hydrogen) atoms. The van der Waals surface area contributed by atoms with Crippen LogP contribution in [0.25, 0.3) is 11.1 Å². The van der Waals surface area contributed by atoms with Crippen LogP contribution in [-0.4, -0.2) is 42.9 Å². The molecule has 0 aliphatic carbocycles. The largest absolute Gasteiger partial charge is 0.371 e. The summed E-state index contributed by atoms with van der Waals surface area (Å²) < 4.78 is 0. The summed E-state index contributed by atoms with van der Waals surface area (Å²) in [6, 6.07) is 37.3. The number of carbonyl (C=O) groups excluding carboxylic acids is 2. The quantitative estimate of drug-likeness (QED) is 0.248. The lowest BCUT2D eigenvalue weighted by Crippen LogP contribution is -2.43. The third-order valence-electron chi connectivity index (χ3n) is 7.11. The second-order valence-electron chi connectivity index (χ2n) is 10.1. The molecule has 0 spiro atoms. The maximum absolute atomic E-state index is 13.1. The zero-order chi connectivity index (χ0) is 30.3. The number of benzene rings is 4. The van der Waals surface area contributed by atoms with Crippen molar-refractivity contribution >= 4 is 23.2 Å². The van der Waals surface area contributed by atoms with Crippen molar-refractivity contribution in [3.05, 3.63) is 120 Å². The number of carbonyl (C=O) groups is 2. The number of primary amides is 1. The van der Waals surface area contributed by atoms with Gasteiger partial charge in [-0.05, 0) is 66.9 Å². The van der Waals surface area contributed by atoms with Crippen LogP contribution in [0.5, 0.6) is 0 Å². The number of hydrogen-bond acceptors (Lipinski definition) is 4. The monoisotopic (exact) mass is 564 g/mol. The molecule has 1 heterocycles. The number of nitrogens with two attached hydrogens (primary N) is 1. The van der Waals surface area contributed by atoms with Crippen LogP contribution < -0.4 is 16.0 Å². The average molecular weight is 565 g/mol. The van der Waals surface area contributed by atoms with E-state index in [4.69, 9.17) is 0 Å². The summed E-state index contributed by atoms with van der Waals surface area (Å²) in [6.07, 6.45) is 2.30. The molecular weight excluding hydrogens is 520 g/mol. The number of nitrogens with zero attached hydrogens (tertiary/aromatic N) is 2. The van der Waals surface area contributed by atoms with E-state index < -0.39 is 0 Å². The van der Waals surface area contributed by atoms with E-state index in [0.717, 1.165) is 49.3 Å². The van der Waals surface area contributed by atoms with E-state index in [1.54, 1.807) is 0 Å². The van der Waals surface area contributed by atoms with Gasteiger partial charge in [-0.3, -0.25) is 14.5 Å². The summed E-state index contributed by atoms with van der Waals surface area (Å²) in [5.41, 5.74) is 10.5. The number of rotatable bonds is 7. The van der Waals surface area contributed by atoms with E-state index in [-0.39, 0.29) is 11.8 Å². The topological polar surface area (TPSA) is 78.7 Å². The zero-order valence-electron chi connectivity index (χ0n) is 25.3. The van der Waals surface area contributed by atoms with Gasteiger partial charge in [-0.15, -0.1) is 0 Å². The molecule has 0 radical (unpaired) electrons. The average Bonchev–Trinajstić information content (AvgIpc) is 3.03. The lowest BCUT2D eigenvalue weighted by molar-refractivity contribution is -0.115. The van der Waals surface area contributed by atoms with Crippen LogP contribution >= 0.6 is 0 Å². The molecule has 0 bridgehead atoms. The molecule has 1 saturated heterocycles. The van der Waals surface area contributed by atoms with Crippen molar-refractivity contribution in [2.45, 2.75) is 46.2 Å². The van der Waals surface area contributed by atoms with Gasteiger partial charge >= 0.3 is 0 Å². The molecule has 4 aromatic carbocycles. The van der Waals surface area contributed by atoms with E-state index in [1.807, 2.05) is 80.6 Å². The predicted molar refractivity (Wildman–Crippen MR) is 176 cm³/mol. The van der Waals surface area contributed by atoms with Crippen LogP contribution in [0, 0.1) is 0 Å². The molecule has 1 fully saturated rings. The first kappa shape index (κ1) is 32.1. The normalized spacial score (nSPS) is 12.8. The van der Waals surface area contributed by atoms with Gasteiger partial charge in [0.2, 0.25) is 5.91 Å². The Morgan fingerprint density at radius 2 is 1.33 bits per heavy atom. The van der Waals surface area contributed by atoms with E-state index in [9.17, 15) is 9.59 Å². The molecule has 6 heteroatoms. The summed E-state index contributed by atoms with van der Waals surface area (Å²) in [5.74, 6) is -0.426. The van der Waals surface area contributed by atoms with Crippen LogP contribution in [0.2, 0.25) is 0 Å². The molecule has 0 atom stereocenters. The van der Waals surface area contributed by atoms with Crippen molar-refractivity contribution < 1.29 is 9.59 Å². The lowest BCUT2D eigenvalue weighted by atomic mass is 9.99.